The van der Waals surface area contributed by atoms with Gasteiger partial charge >= 0.3 is 0 Å². The number of rotatable bonds is 5. The van der Waals surface area contributed by atoms with E-state index in [1.165, 1.54) is 11.8 Å². The first kappa shape index (κ1) is 14.7. The Hall–Kier alpha value is -1.70. The van der Waals surface area contributed by atoms with E-state index in [0.717, 1.165) is 4.90 Å². The van der Waals surface area contributed by atoms with Crippen LogP contribution in [0.15, 0.2) is 59.5 Å². The molecule has 1 atom stereocenters. The standard InChI is InChI=1S/C16H13NOS2/c1-19-16(20-14-5-3-2-4-6-14)15(18)13-9-7-12(11-17)8-10-13/h2-10,16H,1H3. The van der Waals surface area contributed by atoms with E-state index in [4.69, 9.17) is 5.26 Å². The molecule has 2 aromatic rings. The SMILES string of the molecule is CSC(Sc1ccccc1)C(=O)c1ccc(C#N)cc1. The average molecular weight is 299 g/mol. The Morgan fingerprint density at radius 2 is 1.75 bits per heavy atom. The van der Waals surface area contributed by atoms with Crippen LogP contribution in [-0.4, -0.2) is 16.6 Å². The molecule has 0 aromatic heterocycles. The van der Waals surface area contributed by atoms with Crippen LogP contribution in [0, 0.1) is 11.3 Å². The largest absolute Gasteiger partial charge is 0.292 e. The number of benzene rings is 2. The second-order valence-electron chi connectivity index (χ2n) is 4.05. The molecule has 20 heavy (non-hydrogen) atoms. The molecule has 0 N–H and O–H groups in total. The van der Waals surface area contributed by atoms with Crippen LogP contribution in [0.3, 0.4) is 0 Å². The predicted octanol–water partition coefficient (Wildman–Crippen LogP) is 4.22. The number of hydrogen-bond donors (Lipinski definition) is 0. The number of Topliss-reactive ketones (excluding diaryl/α,β-unsaturated/α-hetero) is 1. The van der Waals surface area contributed by atoms with Gasteiger partial charge in [-0.1, -0.05) is 30.3 Å². The number of nitrogens with zero attached hydrogens (tertiary/aromatic N) is 1. The number of carbonyl (C=O) groups is 1. The molecule has 0 aliphatic rings. The van der Waals surface area contributed by atoms with Crippen molar-refractivity contribution in [3.8, 4) is 6.07 Å². The van der Waals surface area contributed by atoms with Crippen LogP contribution in [0.1, 0.15) is 15.9 Å². The van der Waals surface area contributed by atoms with Gasteiger partial charge in [0.05, 0.1) is 11.6 Å². The van der Waals surface area contributed by atoms with Crippen LogP contribution < -0.4 is 0 Å². The molecule has 0 saturated heterocycles. The van der Waals surface area contributed by atoms with Crippen molar-refractivity contribution >= 4 is 29.3 Å². The summed E-state index contributed by atoms with van der Waals surface area (Å²) < 4.78 is -0.176. The van der Waals surface area contributed by atoms with Crippen molar-refractivity contribution in [1.82, 2.24) is 0 Å². The Labute approximate surface area is 127 Å². The van der Waals surface area contributed by atoms with Crippen LogP contribution in [-0.2, 0) is 0 Å². The molecule has 0 radical (unpaired) electrons. The molecule has 0 aliphatic carbocycles. The highest BCUT2D eigenvalue weighted by Crippen LogP contribution is 2.31. The van der Waals surface area contributed by atoms with E-state index < -0.39 is 0 Å². The van der Waals surface area contributed by atoms with Crippen LogP contribution in [0.4, 0.5) is 0 Å². The lowest BCUT2D eigenvalue weighted by Crippen LogP contribution is -2.13. The van der Waals surface area contributed by atoms with E-state index in [-0.39, 0.29) is 10.4 Å². The third-order valence-corrected chi connectivity index (χ3v) is 5.19. The van der Waals surface area contributed by atoms with Crippen LogP contribution in [0.25, 0.3) is 0 Å². The monoisotopic (exact) mass is 299 g/mol. The molecule has 2 nitrogen and oxygen atoms in total. The van der Waals surface area contributed by atoms with Gasteiger partial charge in [0.25, 0.3) is 0 Å². The minimum atomic E-state index is -0.176. The molecule has 4 heteroatoms. The second kappa shape index (κ2) is 7.18. The summed E-state index contributed by atoms with van der Waals surface area (Å²) in [7, 11) is 0. The highest BCUT2D eigenvalue weighted by Gasteiger charge is 2.20. The van der Waals surface area contributed by atoms with Crippen molar-refractivity contribution in [2.45, 2.75) is 9.48 Å². The van der Waals surface area contributed by atoms with E-state index in [2.05, 4.69) is 6.07 Å². The van der Waals surface area contributed by atoms with E-state index in [9.17, 15) is 4.79 Å². The topological polar surface area (TPSA) is 40.9 Å². The third-order valence-electron chi connectivity index (χ3n) is 2.71. The van der Waals surface area contributed by atoms with Gasteiger partial charge in [0.1, 0.15) is 4.58 Å². The first-order valence-electron chi connectivity index (χ1n) is 6.03. The number of nitriles is 1. The Kier molecular flexibility index (Phi) is 5.28. The fourth-order valence-electron chi connectivity index (χ4n) is 1.68. The van der Waals surface area contributed by atoms with Gasteiger partial charge in [-0.3, -0.25) is 4.79 Å². The van der Waals surface area contributed by atoms with Gasteiger partial charge in [0.15, 0.2) is 5.78 Å². The molecule has 0 bridgehead atoms. The van der Waals surface area contributed by atoms with E-state index in [0.29, 0.717) is 11.1 Å². The lowest BCUT2D eigenvalue weighted by Gasteiger charge is -2.13. The molecule has 0 saturated carbocycles. The Morgan fingerprint density at radius 3 is 2.30 bits per heavy atom. The van der Waals surface area contributed by atoms with Crippen molar-refractivity contribution in [2.24, 2.45) is 0 Å². The molecule has 0 aliphatic heterocycles. The molecule has 2 rings (SSSR count). The molecule has 100 valence electrons. The highest BCUT2D eigenvalue weighted by molar-refractivity contribution is 8.17. The van der Waals surface area contributed by atoms with Gasteiger partial charge in [-0.15, -0.1) is 23.5 Å². The Morgan fingerprint density at radius 1 is 1.10 bits per heavy atom. The third kappa shape index (κ3) is 3.66. The van der Waals surface area contributed by atoms with Crippen molar-refractivity contribution in [3.63, 3.8) is 0 Å². The van der Waals surface area contributed by atoms with Crippen molar-refractivity contribution in [2.75, 3.05) is 6.26 Å². The summed E-state index contributed by atoms with van der Waals surface area (Å²) in [6.07, 6.45) is 1.93. The average Bonchev–Trinajstić information content (AvgIpc) is 2.53. The fourth-order valence-corrected chi connectivity index (χ4v) is 3.55. The minimum Gasteiger partial charge on any atom is -0.292 e. The van der Waals surface area contributed by atoms with Gasteiger partial charge < -0.3 is 0 Å². The molecule has 0 fully saturated rings. The molecular weight excluding hydrogens is 286 g/mol. The number of ketones is 1. The van der Waals surface area contributed by atoms with Crippen molar-refractivity contribution in [1.29, 1.82) is 5.26 Å². The Bertz CT molecular complexity index is 617. The summed E-state index contributed by atoms with van der Waals surface area (Å²) in [6, 6.07) is 18.7. The normalized spacial score (nSPS) is 11.6. The lowest BCUT2D eigenvalue weighted by molar-refractivity contribution is 0.101. The van der Waals surface area contributed by atoms with Gasteiger partial charge in [0, 0.05) is 10.5 Å². The van der Waals surface area contributed by atoms with Crippen LogP contribution in [0.2, 0.25) is 0 Å². The maximum atomic E-state index is 12.5. The summed E-state index contributed by atoms with van der Waals surface area (Å²) >= 11 is 3.08. The van der Waals surface area contributed by atoms with Gasteiger partial charge in [-0.25, -0.2) is 0 Å². The van der Waals surface area contributed by atoms with Gasteiger partial charge in [-0.2, -0.15) is 5.26 Å². The number of carbonyl (C=O) groups excluding carboxylic acids is 1. The summed E-state index contributed by atoms with van der Waals surface area (Å²) in [4.78, 5) is 13.5. The second-order valence-corrected chi connectivity index (χ2v) is 6.47. The number of hydrogen-bond acceptors (Lipinski definition) is 4. The number of thioether (sulfide) groups is 2. The molecule has 2 aromatic carbocycles. The van der Waals surface area contributed by atoms with Gasteiger partial charge in [-0.05, 0) is 30.5 Å². The van der Waals surface area contributed by atoms with E-state index in [1.54, 1.807) is 36.0 Å². The first-order valence-corrected chi connectivity index (χ1v) is 8.20. The zero-order valence-corrected chi connectivity index (χ0v) is 12.6. The predicted molar refractivity (Wildman–Crippen MR) is 85.1 cm³/mol. The highest BCUT2D eigenvalue weighted by atomic mass is 32.2. The zero-order valence-electron chi connectivity index (χ0n) is 10.9. The summed E-state index contributed by atoms with van der Waals surface area (Å²) in [5.41, 5.74) is 1.21. The van der Waals surface area contributed by atoms with Crippen LogP contribution >= 0.6 is 23.5 Å². The first-order chi connectivity index (χ1) is 9.74. The van der Waals surface area contributed by atoms with Crippen molar-refractivity contribution in [3.05, 3.63) is 65.7 Å². The summed E-state index contributed by atoms with van der Waals surface area (Å²) in [6.45, 7) is 0. The molecule has 1 unspecified atom stereocenters. The van der Waals surface area contributed by atoms with Crippen LogP contribution in [0.5, 0.6) is 0 Å². The molecule has 0 spiro atoms. The maximum absolute atomic E-state index is 12.5. The van der Waals surface area contributed by atoms with E-state index in [1.807, 2.05) is 36.6 Å². The Balaban J connectivity index is 2.14. The summed E-state index contributed by atoms with van der Waals surface area (Å²) in [5.74, 6) is 0.0795. The lowest BCUT2D eigenvalue weighted by atomic mass is 10.1. The van der Waals surface area contributed by atoms with Gasteiger partial charge in [0.2, 0.25) is 0 Å². The smallest absolute Gasteiger partial charge is 0.186 e. The minimum absolute atomic E-state index is 0.0795. The zero-order chi connectivity index (χ0) is 14.4. The maximum Gasteiger partial charge on any atom is 0.186 e. The van der Waals surface area contributed by atoms with Crippen molar-refractivity contribution < 1.29 is 4.79 Å². The fraction of sp³-hybridized carbons (Fsp3) is 0.125. The molecule has 0 amide bonds. The van der Waals surface area contributed by atoms with E-state index >= 15 is 0 Å². The summed E-state index contributed by atoms with van der Waals surface area (Å²) in [5, 5.41) is 8.77. The quantitative estimate of drug-likeness (QED) is 0.471. The molecular formula is C16H13NOS2. The molecule has 0 heterocycles.